The van der Waals surface area contributed by atoms with Crippen LogP contribution in [0.15, 0.2) is 6.07 Å². The molecule has 5 rings (SSSR count). The molecule has 9 heteroatoms. The molecule has 4 N–H and O–H groups in total. The summed E-state index contributed by atoms with van der Waals surface area (Å²) in [6.45, 7) is 8.66. The molecule has 6 atom stereocenters. The molecule has 9 nitrogen and oxygen atoms in total. The predicted octanol–water partition coefficient (Wildman–Crippen LogP) is 3.57. The van der Waals surface area contributed by atoms with Crippen LogP contribution in [-0.2, 0) is 22.6 Å². The Balaban J connectivity index is 1.55. The van der Waals surface area contributed by atoms with E-state index >= 15 is 0 Å². The maximum atomic E-state index is 13.3. The number of aliphatic hydroxyl groups is 1. The summed E-state index contributed by atoms with van der Waals surface area (Å²) in [5.74, 6) is -2.14. The van der Waals surface area contributed by atoms with Crippen LogP contribution in [0.5, 0.6) is 11.5 Å². The molecule has 37 heavy (non-hydrogen) atoms. The normalized spacial score (nSPS) is 34.5. The van der Waals surface area contributed by atoms with E-state index in [1.807, 2.05) is 0 Å². The van der Waals surface area contributed by atoms with Gasteiger partial charge in [-0.1, -0.05) is 27.7 Å². The molecule has 2 heterocycles. The van der Waals surface area contributed by atoms with Crippen LogP contribution in [0.4, 0.5) is 0 Å². The van der Waals surface area contributed by atoms with Crippen LogP contribution in [0, 0.1) is 22.7 Å². The third kappa shape index (κ3) is 3.49. The minimum absolute atomic E-state index is 0.0117. The highest BCUT2D eigenvalue weighted by Crippen LogP contribution is 2.67. The maximum absolute atomic E-state index is 13.3. The topological polar surface area (TPSA) is 145 Å². The highest BCUT2D eigenvalue weighted by atomic mass is 16.5. The summed E-state index contributed by atoms with van der Waals surface area (Å²) in [7, 11) is 0. The molecule has 1 aromatic rings. The number of amides is 1. The Morgan fingerprint density at radius 3 is 2.51 bits per heavy atom. The van der Waals surface area contributed by atoms with Crippen molar-refractivity contribution in [1.82, 2.24) is 4.90 Å². The van der Waals surface area contributed by atoms with Gasteiger partial charge in [-0.2, -0.15) is 0 Å². The molecule has 0 aromatic heterocycles. The number of carbonyl (C=O) groups excluding carboxylic acids is 1. The van der Waals surface area contributed by atoms with E-state index < -0.39 is 35.6 Å². The lowest BCUT2D eigenvalue weighted by Crippen LogP contribution is -2.66. The van der Waals surface area contributed by atoms with Gasteiger partial charge in [-0.15, -0.1) is 0 Å². The number of carboxylic acids is 2. The van der Waals surface area contributed by atoms with E-state index in [0.717, 1.165) is 19.3 Å². The first-order chi connectivity index (χ1) is 17.2. The molecule has 1 spiro atoms. The standard InChI is InChI=1S/C28H37NO8/c1-14-5-7-20-26(2,3)21(31)9-10-27(20,4)28(14)12-16-19(30)11-15-17(23(16)37-28)13-29(24(15)34)18(25(35)36)6-8-22(32)33/h11,14,18,20-21,30-31H,5-10,12-13H2,1-4H3,(H,32,33)(H,35,36)/t14-,18-,20-,21-,27-,28-/m0/s1. The monoisotopic (exact) mass is 515 g/mol. The van der Waals surface area contributed by atoms with E-state index in [2.05, 4.69) is 27.7 Å². The number of hydrogen-bond acceptors (Lipinski definition) is 6. The Labute approximate surface area is 216 Å². The quantitative estimate of drug-likeness (QED) is 0.466. The largest absolute Gasteiger partial charge is 0.508 e. The first-order valence-corrected chi connectivity index (χ1v) is 13.2. The first kappa shape index (κ1) is 25.8. The lowest BCUT2D eigenvalue weighted by Gasteiger charge is -2.64. The van der Waals surface area contributed by atoms with Gasteiger partial charge in [0.05, 0.1) is 18.2 Å². The van der Waals surface area contributed by atoms with E-state index in [1.165, 1.54) is 11.0 Å². The SMILES string of the molecule is C[C@H]1CC[C@H]2C(C)(C)[C@@H](O)CC[C@]2(C)[C@]12Cc1c(O)cc3c(c1O2)CN([C@@H](CCC(=O)O)C(=O)O)C3=O. The van der Waals surface area contributed by atoms with Crippen molar-refractivity contribution >= 4 is 17.8 Å². The van der Waals surface area contributed by atoms with Gasteiger partial charge in [-0.05, 0) is 55.4 Å². The number of benzene rings is 1. The van der Waals surface area contributed by atoms with Crippen LogP contribution in [0.25, 0.3) is 0 Å². The molecule has 0 unspecified atom stereocenters. The molecule has 2 fully saturated rings. The van der Waals surface area contributed by atoms with E-state index in [4.69, 9.17) is 9.84 Å². The van der Waals surface area contributed by atoms with Gasteiger partial charge in [0, 0.05) is 29.4 Å². The van der Waals surface area contributed by atoms with Crippen molar-refractivity contribution in [2.75, 3.05) is 0 Å². The zero-order valence-electron chi connectivity index (χ0n) is 21.9. The summed E-state index contributed by atoms with van der Waals surface area (Å²) < 4.78 is 6.95. The lowest BCUT2D eigenvalue weighted by atomic mass is 9.43. The first-order valence-electron chi connectivity index (χ1n) is 13.2. The summed E-state index contributed by atoms with van der Waals surface area (Å²) in [6, 6.07) is 0.122. The van der Waals surface area contributed by atoms with Gasteiger partial charge in [0.1, 0.15) is 23.1 Å². The third-order valence-electron chi connectivity index (χ3n) is 10.4. The van der Waals surface area contributed by atoms with Gasteiger partial charge in [-0.3, -0.25) is 9.59 Å². The van der Waals surface area contributed by atoms with Crippen LogP contribution < -0.4 is 4.74 Å². The summed E-state index contributed by atoms with van der Waals surface area (Å²) in [5, 5.41) is 40.8. The number of aliphatic hydroxyl groups excluding tert-OH is 1. The molecule has 2 aliphatic carbocycles. The number of phenols is 1. The highest BCUT2D eigenvalue weighted by molar-refractivity contribution is 6.02. The Bertz CT molecular complexity index is 1180. The van der Waals surface area contributed by atoms with Crippen molar-refractivity contribution in [3.05, 3.63) is 22.8 Å². The fourth-order valence-corrected chi connectivity index (χ4v) is 8.22. The zero-order chi connectivity index (χ0) is 27.1. The number of hydrogen-bond donors (Lipinski definition) is 4. The Hall–Kier alpha value is -2.81. The fourth-order valence-electron chi connectivity index (χ4n) is 8.22. The summed E-state index contributed by atoms with van der Waals surface area (Å²) in [5.41, 5.74) is 0.202. The van der Waals surface area contributed by atoms with Gasteiger partial charge >= 0.3 is 11.9 Å². The second-order valence-electron chi connectivity index (χ2n) is 12.4. The molecule has 0 saturated heterocycles. The van der Waals surface area contributed by atoms with Gasteiger partial charge < -0.3 is 30.1 Å². The minimum Gasteiger partial charge on any atom is -0.508 e. The number of ether oxygens (including phenoxy) is 1. The number of rotatable bonds is 5. The predicted molar refractivity (Wildman–Crippen MR) is 132 cm³/mol. The number of aliphatic carboxylic acids is 2. The van der Waals surface area contributed by atoms with Crippen LogP contribution >= 0.6 is 0 Å². The lowest BCUT2D eigenvalue weighted by molar-refractivity contribution is -0.210. The van der Waals surface area contributed by atoms with Gasteiger partial charge in [-0.25, -0.2) is 4.79 Å². The number of nitrogens with zero attached hydrogens (tertiary/aromatic N) is 1. The molecule has 1 aromatic carbocycles. The number of fused-ring (bicyclic) bond motifs is 5. The third-order valence-corrected chi connectivity index (χ3v) is 10.4. The van der Waals surface area contributed by atoms with Gasteiger partial charge in [0.15, 0.2) is 0 Å². The molecule has 202 valence electrons. The number of carboxylic acid groups (broad SMARTS) is 2. The molecule has 4 aliphatic rings. The van der Waals surface area contributed by atoms with Crippen LogP contribution in [0.3, 0.4) is 0 Å². The van der Waals surface area contributed by atoms with Gasteiger partial charge in [0.25, 0.3) is 5.91 Å². The average molecular weight is 516 g/mol. The van der Waals surface area contributed by atoms with E-state index in [-0.39, 0.29) is 53.4 Å². The molecule has 2 saturated carbocycles. The van der Waals surface area contributed by atoms with Crippen molar-refractivity contribution in [3.63, 3.8) is 0 Å². The van der Waals surface area contributed by atoms with Crippen LogP contribution in [-0.4, -0.2) is 60.9 Å². The molecule has 0 bridgehead atoms. The van der Waals surface area contributed by atoms with Crippen molar-refractivity contribution in [2.24, 2.45) is 22.7 Å². The zero-order valence-corrected chi connectivity index (χ0v) is 21.9. The van der Waals surface area contributed by atoms with Crippen molar-refractivity contribution in [1.29, 1.82) is 0 Å². The van der Waals surface area contributed by atoms with E-state index in [1.54, 1.807) is 0 Å². The Morgan fingerprint density at radius 1 is 1.16 bits per heavy atom. The average Bonchev–Trinajstić information content (AvgIpc) is 3.36. The summed E-state index contributed by atoms with van der Waals surface area (Å²) >= 11 is 0. The number of carbonyl (C=O) groups is 3. The van der Waals surface area contributed by atoms with Crippen molar-refractivity contribution in [2.45, 2.75) is 96.9 Å². The van der Waals surface area contributed by atoms with E-state index in [9.17, 15) is 29.7 Å². The van der Waals surface area contributed by atoms with E-state index in [0.29, 0.717) is 29.7 Å². The number of aromatic hydroxyl groups is 1. The van der Waals surface area contributed by atoms with Gasteiger partial charge in [0.2, 0.25) is 0 Å². The Morgan fingerprint density at radius 2 is 1.86 bits per heavy atom. The molecular weight excluding hydrogens is 478 g/mol. The van der Waals surface area contributed by atoms with Crippen LogP contribution in [0.2, 0.25) is 0 Å². The molecule has 2 aliphatic heterocycles. The number of phenolic OH excluding ortho intramolecular Hbond substituents is 1. The molecule has 0 radical (unpaired) electrons. The second kappa shape index (κ2) is 8.35. The fraction of sp³-hybridized carbons (Fsp3) is 0.679. The van der Waals surface area contributed by atoms with Crippen LogP contribution in [0.1, 0.15) is 87.7 Å². The van der Waals surface area contributed by atoms with Crippen molar-refractivity contribution in [3.8, 4) is 11.5 Å². The highest BCUT2D eigenvalue weighted by Gasteiger charge is 2.67. The van der Waals surface area contributed by atoms with Crippen molar-refractivity contribution < 1.29 is 39.5 Å². The smallest absolute Gasteiger partial charge is 0.326 e. The summed E-state index contributed by atoms with van der Waals surface area (Å²) in [4.78, 5) is 37.6. The Kier molecular flexibility index (Phi) is 5.83. The molecular formula is C28H37NO8. The maximum Gasteiger partial charge on any atom is 0.326 e. The second-order valence-corrected chi connectivity index (χ2v) is 12.4. The summed E-state index contributed by atoms with van der Waals surface area (Å²) in [6.07, 6.45) is 2.83. The minimum atomic E-state index is -1.29. The molecule has 1 amide bonds.